The van der Waals surface area contributed by atoms with E-state index in [0.29, 0.717) is 18.4 Å². The Labute approximate surface area is 207 Å². The van der Waals surface area contributed by atoms with Crippen molar-refractivity contribution >= 4 is 17.9 Å². The van der Waals surface area contributed by atoms with Crippen molar-refractivity contribution in [3.8, 4) is 0 Å². The van der Waals surface area contributed by atoms with Crippen LogP contribution in [0, 0.1) is 22.7 Å². The first-order valence-electron chi connectivity index (χ1n) is 12.1. The number of carbonyl (C=O) groups is 3. The van der Waals surface area contributed by atoms with Crippen LogP contribution in [0.2, 0.25) is 0 Å². The molecule has 0 bridgehead atoms. The minimum absolute atomic E-state index is 0.185. The van der Waals surface area contributed by atoms with E-state index < -0.39 is 42.0 Å². The zero-order valence-electron chi connectivity index (χ0n) is 21.6. The van der Waals surface area contributed by atoms with Gasteiger partial charge in [0, 0.05) is 33.5 Å². The molecule has 2 fully saturated rings. The number of methoxy groups -OCH3 is 1. The molecule has 8 atom stereocenters. The van der Waals surface area contributed by atoms with Crippen molar-refractivity contribution in [3.63, 3.8) is 0 Å². The number of allylic oxidation sites excluding steroid dienone is 2. The summed E-state index contributed by atoms with van der Waals surface area (Å²) in [5.74, 6) is -1.43. The average molecular weight is 491 g/mol. The molecule has 0 aromatic rings. The summed E-state index contributed by atoms with van der Waals surface area (Å²) in [6.07, 6.45) is 3.18. The third-order valence-corrected chi connectivity index (χ3v) is 8.24. The lowest BCUT2D eigenvalue weighted by Crippen LogP contribution is -2.63. The Morgan fingerprint density at radius 2 is 1.74 bits per heavy atom. The van der Waals surface area contributed by atoms with Crippen LogP contribution in [0.25, 0.3) is 0 Å². The predicted molar refractivity (Wildman–Crippen MR) is 128 cm³/mol. The first kappa shape index (κ1) is 27.1. The van der Waals surface area contributed by atoms with Crippen molar-refractivity contribution in [2.75, 3.05) is 7.11 Å². The van der Waals surface area contributed by atoms with Crippen LogP contribution in [0.5, 0.6) is 0 Å². The van der Waals surface area contributed by atoms with Gasteiger partial charge in [0.15, 0.2) is 0 Å². The van der Waals surface area contributed by atoms with E-state index in [1.54, 1.807) is 19.3 Å². The number of carbonyl (C=O) groups excluding carboxylic acids is 3. The van der Waals surface area contributed by atoms with Crippen LogP contribution < -0.4 is 0 Å². The highest BCUT2D eigenvalue weighted by Gasteiger charge is 2.71. The van der Waals surface area contributed by atoms with Crippen molar-refractivity contribution in [2.24, 2.45) is 22.7 Å². The van der Waals surface area contributed by atoms with Gasteiger partial charge in [0.2, 0.25) is 12.6 Å². The maximum absolute atomic E-state index is 12.2. The highest BCUT2D eigenvalue weighted by molar-refractivity contribution is 5.68. The van der Waals surface area contributed by atoms with Gasteiger partial charge in [-0.1, -0.05) is 38.7 Å². The molecule has 0 aromatic carbocycles. The molecule has 8 nitrogen and oxygen atoms in total. The monoisotopic (exact) mass is 490 g/mol. The van der Waals surface area contributed by atoms with Crippen LogP contribution >= 0.6 is 0 Å². The number of ether oxygens (including phenoxy) is 5. The summed E-state index contributed by atoms with van der Waals surface area (Å²) in [7, 11) is 1.63. The van der Waals surface area contributed by atoms with Crippen LogP contribution in [0.4, 0.5) is 0 Å². The van der Waals surface area contributed by atoms with Crippen LogP contribution in [-0.4, -0.2) is 49.8 Å². The normalized spacial score (nSPS) is 37.8. The van der Waals surface area contributed by atoms with E-state index >= 15 is 0 Å². The zero-order valence-corrected chi connectivity index (χ0v) is 21.6. The molecule has 1 saturated heterocycles. The van der Waals surface area contributed by atoms with Crippen molar-refractivity contribution in [2.45, 2.75) is 85.1 Å². The van der Waals surface area contributed by atoms with Crippen molar-refractivity contribution in [3.05, 3.63) is 36.5 Å². The number of rotatable bonds is 8. The van der Waals surface area contributed by atoms with Gasteiger partial charge in [0.05, 0.1) is 11.5 Å². The van der Waals surface area contributed by atoms with E-state index in [1.165, 1.54) is 20.8 Å². The fourth-order valence-electron chi connectivity index (χ4n) is 6.49. The molecule has 1 aliphatic heterocycles. The van der Waals surface area contributed by atoms with Gasteiger partial charge in [-0.25, -0.2) is 0 Å². The topological polar surface area (TPSA) is 97.4 Å². The number of hydrogen-bond acceptors (Lipinski definition) is 8. The molecule has 0 amide bonds. The highest BCUT2D eigenvalue weighted by atomic mass is 16.8. The molecular formula is C27H38O8. The fourth-order valence-corrected chi connectivity index (χ4v) is 6.49. The molecule has 35 heavy (non-hydrogen) atoms. The maximum atomic E-state index is 12.2. The lowest BCUT2D eigenvalue weighted by molar-refractivity contribution is -0.257. The second-order valence-electron chi connectivity index (χ2n) is 10.2. The Hall–Kier alpha value is -2.45. The second kappa shape index (κ2) is 10.3. The van der Waals surface area contributed by atoms with Crippen LogP contribution in [0.1, 0.15) is 60.3 Å². The third kappa shape index (κ3) is 4.83. The summed E-state index contributed by atoms with van der Waals surface area (Å²) < 4.78 is 29.2. The van der Waals surface area contributed by atoms with Crippen molar-refractivity contribution in [1.29, 1.82) is 0 Å². The smallest absolute Gasteiger partial charge is 0.305 e. The van der Waals surface area contributed by atoms with Gasteiger partial charge in [-0.15, -0.1) is 0 Å². The Bertz CT molecular complexity index is 922. The summed E-state index contributed by atoms with van der Waals surface area (Å²) in [6, 6.07) is 0. The van der Waals surface area contributed by atoms with Gasteiger partial charge >= 0.3 is 17.9 Å². The highest BCUT2D eigenvalue weighted by Crippen LogP contribution is 2.67. The Morgan fingerprint density at radius 1 is 1.11 bits per heavy atom. The van der Waals surface area contributed by atoms with Crippen molar-refractivity contribution < 1.29 is 38.1 Å². The lowest BCUT2D eigenvalue weighted by atomic mass is 9.45. The zero-order chi connectivity index (χ0) is 26.1. The first-order chi connectivity index (χ1) is 16.4. The molecule has 1 heterocycles. The van der Waals surface area contributed by atoms with Gasteiger partial charge < -0.3 is 18.9 Å². The Kier molecular flexibility index (Phi) is 7.96. The van der Waals surface area contributed by atoms with Crippen LogP contribution in [0.15, 0.2) is 36.5 Å². The van der Waals surface area contributed by atoms with Gasteiger partial charge in [0.1, 0.15) is 6.10 Å². The van der Waals surface area contributed by atoms with Gasteiger partial charge in [0.25, 0.3) is 0 Å². The fraction of sp³-hybridized carbons (Fsp3) is 0.667. The van der Waals surface area contributed by atoms with Gasteiger partial charge in [-0.05, 0) is 49.0 Å². The Morgan fingerprint density at radius 3 is 2.29 bits per heavy atom. The molecule has 194 valence electrons. The molecule has 0 radical (unpaired) electrons. The number of hydrogen-bond donors (Lipinski definition) is 0. The molecule has 3 aliphatic rings. The first-order valence-corrected chi connectivity index (χ1v) is 12.1. The molecule has 1 unspecified atom stereocenters. The largest absolute Gasteiger partial charge is 0.458 e. The summed E-state index contributed by atoms with van der Waals surface area (Å²) >= 11 is 0. The summed E-state index contributed by atoms with van der Waals surface area (Å²) in [5.41, 5.74) is 0.329. The van der Waals surface area contributed by atoms with E-state index in [4.69, 9.17) is 23.7 Å². The van der Waals surface area contributed by atoms with Crippen molar-refractivity contribution in [1.82, 2.24) is 0 Å². The minimum atomic E-state index is -1.09. The second-order valence-corrected chi connectivity index (χ2v) is 10.2. The van der Waals surface area contributed by atoms with E-state index in [0.717, 1.165) is 18.4 Å². The molecule has 1 saturated carbocycles. The third-order valence-electron chi connectivity index (χ3n) is 8.24. The minimum Gasteiger partial charge on any atom is -0.458 e. The molecular weight excluding hydrogens is 452 g/mol. The Balaban J connectivity index is 2.24. The molecule has 1 spiro atoms. The predicted octanol–water partition coefficient (Wildman–Crippen LogP) is 4.24. The SMILES string of the molecule is C=CC(=C)CC[C@@]1(C)[C@@H](C)C[C@@H](OC)C23C(=C[C@H](OC(C)=O)C[C@@H]21)[C@H](OC(C)=O)O[C@@H]3OC(C)=O. The van der Waals surface area contributed by atoms with Crippen LogP contribution in [-0.2, 0) is 38.1 Å². The van der Waals surface area contributed by atoms with E-state index in [1.807, 2.05) is 0 Å². The summed E-state index contributed by atoms with van der Waals surface area (Å²) in [6.45, 7) is 16.3. The molecule has 3 rings (SSSR count). The quantitative estimate of drug-likeness (QED) is 0.216. The standard InChI is InChI=1S/C27H38O8/c1-9-15(2)10-11-26(7)16(3)12-23(31-8)27-21(13-20(14-22(26)27)32-17(4)28)24(33-18(5)29)35-25(27)34-19(6)30/h9,13,16,20,22-25H,1-2,10-12,14H2,3-8H3/t16-,20-,22+,23+,24+,25-,26-,27?/m0/s1. The summed E-state index contributed by atoms with van der Waals surface area (Å²) in [4.78, 5) is 36.1. The van der Waals surface area contributed by atoms with E-state index in [-0.39, 0.29) is 23.4 Å². The molecule has 2 aliphatic carbocycles. The van der Waals surface area contributed by atoms with E-state index in [2.05, 4.69) is 27.0 Å². The molecule has 8 heteroatoms. The molecule has 0 aromatic heterocycles. The summed E-state index contributed by atoms with van der Waals surface area (Å²) in [5, 5.41) is 0. The average Bonchev–Trinajstić information content (AvgIpc) is 3.05. The number of esters is 3. The molecule has 0 N–H and O–H groups in total. The van der Waals surface area contributed by atoms with Gasteiger partial charge in [-0.2, -0.15) is 0 Å². The lowest BCUT2D eigenvalue weighted by Gasteiger charge is -2.61. The van der Waals surface area contributed by atoms with Gasteiger partial charge in [-0.3, -0.25) is 19.1 Å². The van der Waals surface area contributed by atoms with Crippen LogP contribution in [0.3, 0.4) is 0 Å². The van der Waals surface area contributed by atoms with E-state index in [9.17, 15) is 14.4 Å². The maximum Gasteiger partial charge on any atom is 0.305 e.